The van der Waals surface area contributed by atoms with Gasteiger partial charge in [-0.3, -0.25) is 0 Å². The molecule has 0 aromatic heterocycles. The van der Waals surface area contributed by atoms with E-state index in [0.29, 0.717) is 0 Å². The predicted octanol–water partition coefficient (Wildman–Crippen LogP) is 3.38. The van der Waals surface area contributed by atoms with Gasteiger partial charge in [0, 0.05) is 11.3 Å². The Labute approximate surface area is 84.7 Å². The number of benzene rings is 1. The van der Waals surface area contributed by atoms with Crippen molar-refractivity contribution in [1.29, 1.82) is 0 Å². The van der Waals surface area contributed by atoms with E-state index in [0.717, 1.165) is 17.2 Å². The lowest BCUT2D eigenvalue weighted by molar-refractivity contribution is 0.752. The van der Waals surface area contributed by atoms with Gasteiger partial charge in [-0.15, -0.1) is 0 Å². The van der Waals surface area contributed by atoms with E-state index in [1.165, 1.54) is 0 Å². The highest BCUT2D eigenvalue weighted by molar-refractivity contribution is 8.03. The minimum atomic E-state index is 0.718. The normalized spacial score (nSPS) is 9.46. The molecule has 0 N–H and O–H groups in total. The van der Waals surface area contributed by atoms with Crippen molar-refractivity contribution < 1.29 is 0 Å². The zero-order valence-corrected chi connectivity index (χ0v) is 8.90. The molecule has 0 amide bonds. The molecule has 0 radical (unpaired) electrons. The Kier molecular flexibility index (Phi) is 4.49. The molecular weight excluding hydrogens is 176 g/mol. The van der Waals surface area contributed by atoms with Gasteiger partial charge < -0.3 is 0 Å². The van der Waals surface area contributed by atoms with Gasteiger partial charge in [0.1, 0.15) is 0 Å². The summed E-state index contributed by atoms with van der Waals surface area (Å²) in [5, 5.41) is 3.10. The minimum Gasteiger partial charge on any atom is -0.0744 e. The summed E-state index contributed by atoms with van der Waals surface area (Å²) < 4.78 is 0. The van der Waals surface area contributed by atoms with E-state index in [4.69, 9.17) is 0 Å². The highest BCUT2D eigenvalue weighted by atomic mass is 32.2. The van der Waals surface area contributed by atoms with Gasteiger partial charge in [0.15, 0.2) is 0 Å². The molecule has 68 valence electrons. The van der Waals surface area contributed by atoms with Crippen molar-refractivity contribution in [3.05, 3.63) is 35.9 Å². The van der Waals surface area contributed by atoms with Crippen LogP contribution < -0.4 is 0 Å². The van der Waals surface area contributed by atoms with Crippen LogP contribution in [-0.4, -0.2) is 5.75 Å². The van der Waals surface area contributed by atoms with Crippen LogP contribution in [0.5, 0.6) is 0 Å². The fourth-order valence-corrected chi connectivity index (χ4v) is 1.43. The summed E-state index contributed by atoms with van der Waals surface area (Å²) >= 11 is 1.70. The van der Waals surface area contributed by atoms with Gasteiger partial charge in [-0.2, -0.15) is 0 Å². The molecule has 1 heteroatoms. The molecule has 1 aromatic carbocycles. The van der Waals surface area contributed by atoms with Crippen molar-refractivity contribution in [3.63, 3.8) is 0 Å². The van der Waals surface area contributed by atoms with Crippen LogP contribution in [0.15, 0.2) is 30.3 Å². The topological polar surface area (TPSA) is 0 Å². The van der Waals surface area contributed by atoms with Crippen molar-refractivity contribution in [2.45, 2.75) is 13.8 Å². The Morgan fingerprint density at radius 3 is 2.54 bits per heavy atom. The Hall–Kier alpha value is -0.870. The first-order valence-corrected chi connectivity index (χ1v) is 5.45. The first-order valence-electron chi connectivity index (χ1n) is 4.47. The third-order valence-electron chi connectivity index (χ3n) is 1.46. The van der Waals surface area contributed by atoms with E-state index in [1.807, 2.05) is 30.3 Å². The zero-order valence-electron chi connectivity index (χ0n) is 8.08. The van der Waals surface area contributed by atoms with Crippen LogP contribution in [-0.2, 0) is 0 Å². The monoisotopic (exact) mass is 190 g/mol. The maximum absolute atomic E-state index is 3.11. The van der Waals surface area contributed by atoms with Gasteiger partial charge in [-0.1, -0.05) is 49.7 Å². The Bertz CT molecular complexity index is 290. The average Bonchev–Trinajstić information content (AvgIpc) is 2.14. The van der Waals surface area contributed by atoms with Crippen molar-refractivity contribution in [1.82, 2.24) is 0 Å². The Morgan fingerprint density at radius 2 is 1.92 bits per heavy atom. The summed E-state index contributed by atoms with van der Waals surface area (Å²) in [7, 11) is 0. The molecule has 0 aliphatic carbocycles. The summed E-state index contributed by atoms with van der Waals surface area (Å²) in [4.78, 5) is 0. The van der Waals surface area contributed by atoms with Crippen molar-refractivity contribution in [2.75, 3.05) is 5.75 Å². The van der Waals surface area contributed by atoms with Gasteiger partial charge in [-0.25, -0.2) is 0 Å². The summed E-state index contributed by atoms with van der Waals surface area (Å²) in [6, 6.07) is 10.1. The highest BCUT2D eigenvalue weighted by Crippen LogP contribution is 2.05. The Morgan fingerprint density at radius 1 is 1.23 bits per heavy atom. The third kappa shape index (κ3) is 4.65. The molecule has 0 fully saturated rings. The van der Waals surface area contributed by atoms with E-state index < -0.39 is 0 Å². The van der Waals surface area contributed by atoms with Crippen LogP contribution in [0.25, 0.3) is 0 Å². The minimum absolute atomic E-state index is 0.718. The second-order valence-electron chi connectivity index (χ2n) is 3.30. The van der Waals surface area contributed by atoms with Gasteiger partial charge in [0.25, 0.3) is 0 Å². The number of thioether (sulfide) groups is 1. The first-order chi connectivity index (χ1) is 6.29. The van der Waals surface area contributed by atoms with Crippen molar-refractivity contribution in [3.8, 4) is 11.2 Å². The summed E-state index contributed by atoms with van der Waals surface area (Å²) in [5.41, 5.74) is 1.10. The van der Waals surface area contributed by atoms with Gasteiger partial charge in [0.2, 0.25) is 0 Å². The quantitative estimate of drug-likeness (QED) is 0.644. The molecule has 0 spiro atoms. The number of hydrogen-bond acceptors (Lipinski definition) is 1. The molecule has 0 aliphatic heterocycles. The standard InChI is InChI=1S/C12H14S/c1-11(2)10-13-9-8-12-6-4-3-5-7-12/h3-7,11H,10H2,1-2H3. The number of hydrogen-bond donors (Lipinski definition) is 0. The maximum Gasteiger partial charge on any atom is 0.0254 e. The molecule has 13 heavy (non-hydrogen) atoms. The third-order valence-corrected chi connectivity index (χ3v) is 2.54. The lowest BCUT2D eigenvalue weighted by atomic mass is 10.2. The van der Waals surface area contributed by atoms with Crippen LogP contribution in [0.3, 0.4) is 0 Å². The van der Waals surface area contributed by atoms with Gasteiger partial charge in [-0.05, 0) is 23.3 Å². The molecule has 0 nitrogen and oxygen atoms in total. The van der Waals surface area contributed by atoms with Crippen LogP contribution in [0, 0.1) is 17.1 Å². The predicted molar refractivity (Wildman–Crippen MR) is 60.6 cm³/mol. The second kappa shape index (κ2) is 5.72. The van der Waals surface area contributed by atoms with Crippen LogP contribution in [0.4, 0.5) is 0 Å². The average molecular weight is 190 g/mol. The zero-order chi connectivity index (χ0) is 9.52. The molecule has 1 aromatic rings. The van der Waals surface area contributed by atoms with Crippen molar-refractivity contribution >= 4 is 11.8 Å². The molecule has 1 rings (SSSR count). The molecule has 0 saturated carbocycles. The molecule has 0 bridgehead atoms. The highest BCUT2D eigenvalue weighted by Gasteiger charge is 1.89. The number of rotatable bonds is 2. The molecule has 0 aliphatic rings. The van der Waals surface area contributed by atoms with Crippen LogP contribution >= 0.6 is 11.8 Å². The van der Waals surface area contributed by atoms with E-state index >= 15 is 0 Å². The smallest absolute Gasteiger partial charge is 0.0254 e. The van der Waals surface area contributed by atoms with Gasteiger partial charge >= 0.3 is 0 Å². The van der Waals surface area contributed by atoms with E-state index in [1.54, 1.807) is 11.8 Å². The Balaban J connectivity index is 2.40. The van der Waals surface area contributed by atoms with Crippen molar-refractivity contribution in [2.24, 2.45) is 5.92 Å². The fourth-order valence-electron chi connectivity index (χ4n) is 0.825. The fraction of sp³-hybridized carbons (Fsp3) is 0.333. The largest absolute Gasteiger partial charge is 0.0744 e. The van der Waals surface area contributed by atoms with Crippen LogP contribution in [0.2, 0.25) is 0 Å². The molecular formula is C12H14S. The van der Waals surface area contributed by atoms with E-state index in [2.05, 4.69) is 25.0 Å². The summed E-state index contributed by atoms with van der Waals surface area (Å²) in [6.07, 6.45) is 0. The van der Waals surface area contributed by atoms with E-state index in [-0.39, 0.29) is 0 Å². The van der Waals surface area contributed by atoms with Crippen LogP contribution in [0.1, 0.15) is 19.4 Å². The SMILES string of the molecule is CC(C)CSC#Cc1ccccc1. The van der Waals surface area contributed by atoms with Gasteiger partial charge in [0.05, 0.1) is 0 Å². The molecule has 0 unspecified atom stereocenters. The first kappa shape index (κ1) is 10.2. The lowest BCUT2D eigenvalue weighted by Gasteiger charge is -1.96. The second-order valence-corrected chi connectivity index (χ2v) is 4.12. The summed E-state index contributed by atoms with van der Waals surface area (Å²) in [5.74, 6) is 4.94. The van der Waals surface area contributed by atoms with E-state index in [9.17, 15) is 0 Å². The molecule has 0 atom stereocenters. The maximum atomic E-state index is 3.11. The molecule has 0 heterocycles. The molecule has 0 saturated heterocycles. The summed E-state index contributed by atoms with van der Waals surface area (Å²) in [6.45, 7) is 4.41. The lowest BCUT2D eigenvalue weighted by Crippen LogP contribution is -1.87.